The number of carboxylic acid groups (broad SMARTS) is 1. The van der Waals surface area contributed by atoms with E-state index in [4.69, 9.17) is 11.6 Å². The summed E-state index contributed by atoms with van der Waals surface area (Å²) in [5.41, 5.74) is 3.85. The minimum Gasteiger partial charge on any atom is -0.481 e. The van der Waals surface area contributed by atoms with E-state index in [1.807, 2.05) is 32.9 Å². The monoisotopic (exact) mass is 404 g/mol. The maximum atomic E-state index is 12.8. The summed E-state index contributed by atoms with van der Waals surface area (Å²) in [7, 11) is 0. The van der Waals surface area contributed by atoms with Gasteiger partial charge < -0.3 is 10.4 Å². The normalized spacial score (nSPS) is 19.9. The number of benzene rings is 1. The van der Waals surface area contributed by atoms with Crippen molar-refractivity contribution >= 4 is 39.9 Å². The fourth-order valence-electron chi connectivity index (χ4n) is 3.35. The Balaban J connectivity index is 1.81. The summed E-state index contributed by atoms with van der Waals surface area (Å²) in [6, 6.07) is 7.36. The van der Waals surface area contributed by atoms with E-state index in [1.54, 1.807) is 12.1 Å². The molecule has 1 amide bonds. The lowest BCUT2D eigenvalue weighted by molar-refractivity contribution is -0.146. The van der Waals surface area contributed by atoms with Crippen LogP contribution in [0.5, 0.6) is 0 Å². The van der Waals surface area contributed by atoms with Crippen molar-refractivity contribution in [2.45, 2.75) is 33.6 Å². The fourth-order valence-corrected chi connectivity index (χ4v) is 4.32. The average molecular weight is 405 g/mol. The Labute approximate surface area is 167 Å². The number of hydrogen-bond donors (Lipinski definition) is 2. The van der Waals surface area contributed by atoms with Crippen molar-refractivity contribution in [2.24, 2.45) is 11.8 Å². The summed E-state index contributed by atoms with van der Waals surface area (Å²) >= 11 is 7.31. The zero-order valence-electron chi connectivity index (χ0n) is 15.4. The molecule has 0 saturated heterocycles. The number of thiazole rings is 1. The third-order valence-electron chi connectivity index (χ3n) is 5.06. The Morgan fingerprint density at radius 3 is 2.30 bits per heavy atom. The van der Waals surface area contributed by atoms with Gasteiger partial charge in [-0.05, 0) is 45.7 Å². The van der Waals surface area contributed by atoms with Crippen molar-refractivity contribution in [2.75, 3.05) is 5.32 Å². The van der Waals surface area contributed by atoms with Crippen molar-refractivity contribution in [1.82, 2.24) is 4.98 Å². The first kappa shape index (κ1) is 19.6. The zero-order valence-corrected chi connectivity index (χ0v) is 16.9. The molecule has 1 heterocycles. The molecule has 0 fully saturated rings. The number of nitrogens with zero attached hydrogens (tertiary/aromatic N) is 1. The lowest BCUT2D eigenvalue weighted by Crippen LogP contribution is -2.36. The van der Waals surface area contributed by atoms with E-state index in [9.17, 15) is 14.7 Å². The standard InChI is InChI=1S/C20H21ClN2O3S/c1-10-8-15(16(19(25)26)9-11(10)2)18(24)23-20-22-17(12(3)27-20)13-4-6-14(21)7-5-13/h4-7,15-16H,8-9H2,1-3H3,(H,25,26)(H,22,23,24)/t15-,16-/m0/s1. The van der Waals surface area contributed by atoms with Crippen LogP contribution in [0.4, 0.5) is 5.13 Å². The number of rotatable bonds is 4. The van der Waals surface area contributed by atoms with E-state index in [0.717, 1.165) is 27.3 Å². The van der Waals surface area contributed by atoms with E-state index in [1.165, 1.54) is 11.3 Å². The van der Waals surface area contributed by atoms with Gasteiger partial charge in [0, 0.05) is 15.5 Å². The van der Waals surface area contributed by atoms with E-state index in [0.29, 0.717) is 23.0 Å². The Morgan fingerprint density at radius 1 is 1.11 bits per heavy atom. The largest absolute Gasteiger partial charge is 0.481 e. The van der Waals surface area contributed by atoms with Gasteiger partial charge in [0.1, 0.15) is 0 Å². The lowest BCUT2D eigenvalue weighted by atomic mass is 9.76. The third kappa shape index (κ3) is 4.22. The highest BCUT2D eigenvalue weighted by Gasteiger charge is 2.37. The maximum Gasteiger partial charge on any atom is 0.307 e. The molecular weight excluding hydrogens is 384 g/mol. The molecule has 1 aromatic heterocycles. The second-order valence-corrected chi connectivity index (χ2v) is 8.58. The van der Waals surface area contributed by atoms with Crippen molar-refractivity contribution in [3.05, 3.63) is 45.3 Å². The Hall–Kier alpha value is -2.18. The van der Waals surface area contributed by atoms with Crippen LogP contribution in [0.1, 0.15) is 31.6 Å². The van der Waals surface area contributed by atoms with Crippen LogP contribution in [0.3, 0.4) is 0 Å². The van der Waals surface area contributed by atoms with Gasteiger partial charge in [-0.1, -0.05) is 34.9 Å². The van der Waals surface area contributed by atoms with Crippen molar-refractivity contribution in [3.63, 3.8) is 0 Å². The highest BCUT2D eigenvalue weighted by molar-refractivity contribution is 7.16. The van der Waals surface area contributed by atoms with E-state index in [2.05, 4.69) is 10.3 Å². The number of carboxylic acids is 1. The number of aryl methyl sites for hydroxylation is 1. The number of amides is 1. The van der Waals surface area contributed by atoms with Gasteiger partial charge in [-0.2, -0.15) is 0 Å². The van der Waals surface area contributed by atoms with Gasteiger partial charge in [0.2, 0.25) is 5.91 Å². The molecule has 1 aliphatic carbocycles. The minimum absolute atomic E-state index is 0.286. The van der Waals surface area contributed by atoms with Gasteiger partial charge in [-0.25, -0.2) is 4.98 Å². The summed E-state index contributed by atoms with van der Waals surface area (Å²) in [5, 5.41) is 13.5. The summed E-state index contributed by atoms with van der Waals surface area (Å²) in [6.07, 6.45) is 0.870. The van der Waals surface area contributed by atoms with Crippen LogP contribution in [-0.2, 0) is 9.59 Å². The smallest absolute Gasteiger partial charge is 0.307 e. The molecule has 7 heteroatoms. The molecule has 0 spiro atoms. The van der Waals surface area contributed by atoms with E-state index < -0.39 is 17.8 Å². The number of nitrogens with one attached hydrogen (secondary N) is 1. The number of aliphatic carboxylic acids is 1. The van der Waals surface area contributed by atoms with Crippen LogP contribution in [0.25, 0.3) is 11.3 Å². The molecule has 3 rings (SSSR count). The first-order valence-electron chi connectivity index (χ1n) is 8.68. The van der Waals surface area contributed by atoms with Gasteiger partial charge in [0.05, 0.1) is 17.5 Å². The molecule has 0 bridgehead atoms. The van der Waals surface area contributed by atoms with Gasteiger partial charge in [0.15, 0.2) is 5.13 Å². The molecule has 1 aromatic carbocycles. The second kappa shape index (κ2) is 7.82. The first-order valence-corrected chi connectivity index (χ1v) is 9.88. The van der Waals surface area contributed by atoms with Crippen LogP contribution in [0.15, 0.2) is 35.4 Å². The molecule has 0 radical (unpaired) electrons. The van der Waals surface area contributed by atoms with Crippen LogP contribution < -0.4 is 5.32 Å². The number of aromatic nitrogens is 1. The lowest BCUT2D eigenvalue weighted by Gasteiger charge is -2.29. The second-order valence-electron chi connectivity index (χ2n) is 6.94. The summed E-state index contributed by atoms with van der Waals surface area (Å²) in [4.78, 5) is 29.9. The number of allylic oxidation sites excluding steroid dienone is 2. The number of hydrogen-bond acceptors (Lipinski definition) is 4. The summed E-state index contributed by atoms with van der Waals surface area (Å²) in [6.45, 7) is 5.83. The van der Waals surface area contributed by atoms with Crippen molar-refractivity contribution in [3.8, 4) is 11.3 Å². The third-order valence-corrected chi connectivity index (χ3v) is 6.20. The Bertz CT molecular complexity index is 918. The predicted molar refractivity (Wildman–Crippen MR) is 108 cm³/mol. The van der Waals surface area contributed by atoms with E-state index in [-0.39, 0.29) is 5.91 Å². The molecule has 2 N–H and O–H groups in total. The molecule has 1 aliphatic rings. The quantitative estimate of drug-likeness (QED) is 0.690. The summed E-state index contributed by atoms with van der Waals surface area (Å²) in [5.74, 6) is -2.51. The van der Waals surface area contributed by atoms with Crippen LogP contribution in [0, 0.1) is 18.8 Å². The number of anilines is 1. The zero-order chi connectivity index (χ0) is 19.7. The van der Waals surface area contributed by atoms with Gasteiger partial charge in [-0.3, -0.25) is 9.59 Å². The van der Waals surface area contributed by atoms with Gasteiger partial charge >= 0.3 is 5.97 Å². The molecule has 0 saturated carbocycles. The average Bonchev–Trinajstić information content (AvgIpc) is 2.97. The number of halogens is 1. The molecule has 0 aliphatic heterocycles. The molecule has 27 heavy (non-hydrogen) atoms. The molecule has 0 unspecified atom stereocenters. The number of carbonyl (C=O) groups is 2. The SMILES string of the molecule is CC1=C(C)C[C@H](C(=O)Nc2nc(-c3ccc(Cl)cc3)c(C)s2)[C@@H](C(=O)O)C1. The van der Waals surface area contributed by atoms with Crippen molar-refractivity contribution < 1.29 is 14.7 Å². The Kier molecular flexibility index (Phi) is 5.67. The molecular formula is C20H21ClN2O3S. The molecule has 142 valence electrons. The summed E-state index contributed by atoms with van der Waals surface area (Å²) < 4.78 is 0. The van der Waals surface area contributed by atoms with Crippen LogP contribution >= 0.6 is 22.9 Å². The fraction of sp³-hybridized carbons (Fsp3) is 0.350. The topological polar surface area (TPSA) is 79.3 Å². The van der Waals surface area contributed by atoms with Gasteiger partial charge in [0.25, 0.3) is 0 Å². The first-order chi connectivity index (χ1) is 12.8. The highest BCUT2D eigenvalue weighted by Crippen LogP contribution is 2.36. The van der Waals surface area contributed by atoms with Crippen LogP contribution in [-0.4, -0.2) is 22.0 Å². The molecule has 5 nitrogen and oxygen atoms in total. The minimum atomic E-state index is -0.931. The van der Waals surface area contributed by atoms with Gasteiger partial charge in [-0.15, -0.1) is 11.3 Å². The molecule has 2 atom stereocenters. The van der Waals surface area contributed by atoms with E-state index >= 15 is 0 Å². The molecule has 2 aromatic rings. The van der Waals surface area contributed by atoms with Crippen LogP contribution in [0.2, 0.25) is 5.02 Å². The highest BCUT2D eigenvalue weighted by atomic mass is 35.5. The predicted octanol–water partition coefficient (Wildman–Crippen LogP) is 5.16. The number of carbonyl (C=O) groups excluding carboxylic acids is 1. The van der Waals surface area contributed by atoms with Crippen molar-refractivity contribution in [1.29, 1.82) is 0 Å². The Morgan fingerprint density at radius 2 is 1.70 bits per heavy atom. The maximum absolute atomic E-state index is 12.8.